The van der Waals surface area contributed by atoms with Crippen LogP contribution in [0.25, 0.3) is 0 Å². The molecule has 2 N–H and O–H groups in total. The normalized spacial score (nSPS) is 12.6. The maximum atomic E-state index is 11.9. The van der Waals surface area contributed by atoms with Gasteiger partial charge in [-0.05, 0) is 20.8 Å². The van der Waals surface area contributed by atoms with Crippen molar-refractivity contribution in [1.29, 1.82) is 0 Å². The molecule has 6 heteroatoms. The zero-order valence-electron chi connectivity index (χ0n) is 9.67. The van der Waals surface area contributed by atoms with Gasteiger partial charge in [-0.1, -0.05) is 0 Å². The predicted octanol–water partition coefficient (Wildman–Crippen LogP) is 1.77. The number of aliphatic hydroxyl groups is 1. The Balaban J connectivity index is 2.60. The summed E-state index contributed by atoms with van der Waals surface area (Å²) < 4.78 is 0. The van der Waals surface area contributed by atoms with Crippen molar-refractivity contribution in [2.45, 2.75) is 32.9 Å². The number of anilines is 1. The van der Waals surface area contributed by atoms with E-state index in [9.17, 15) is 9.90 Å². The Morgan fingerprint density at radius 2 is 2.31 bits per heavy atom. The molecule has 1 aromatic heterocycles. The topological polar surface area (TPSA) is 65.5 Å². The SMILES string of the molecule is CC(O)CN(C(=O)Nc1nccs1)C(C)C. The number of thiazole rings is 1. The third-order valence-electron chi connectivity index (χ3n) is 1.99. The molecule has 16 heavy (non-hydrogen) atoms. The average Bonchev–Trinajstić information content (AvgIpc) is 2.65. The minimum Gasteiger partial charge on any atom is -0.392 e. The van der Waals surface area contributed by atoms with Crippen LogP contribution in [0.15, 0.2) is 11.6 Å². The summed E-state index contributed by atoms with van der Waals surface area (Å²) in [7, 11) is 0. The smallest absolute Gasteiger partial charge is 0.323 e. The lowest BCUT2D eigenvalue weighted by Crippen LogP contribution is -2.43. The lowest BCUT2D eigenvalue weighted by Gasteiger charge is -2.27. The maximum absolute atomic E-state index is 11.9. The molecule has 90 valence electrons. The third-order valence-corrected chi connectivity index (χ3v) is 2.68. The largest absolute Gasteiger partial charge is 0.392 e. The fraction of sp³-hybridized carbons (Fsp3) is 0.600. The molecule has 1 aromatic rings. The van der Waals surface area contributed by atoms with Crippen molar-refractivity contribution < 1.29 is 9.90 Å². The molecule has 0 aliphatic carbocycles. The lowest BCUT2D eigenvalue weighted by molar-refractivity contribution is 0.125. The summed E-state index contributed by atoms with van der Waals surface area (Å²) in [6.07, 6.45) is 1.10. The molecule has 0 spiro atoms. The zero-order valence-corrected chi connectivity index (χ0v) is 10.5. The first-order chi connectivity index (χ1) is 7.50. The van der Waals surface area contributed by atoms with Gasteiger partial charge in [-0.15, -0.1) is 11.3 Å². The van der Waals surface area contributed by atoms with Gasteiger partial charge in [-0.25, -0.2) is 9.78 Å². The van der Waals surface area contributed by atoms with E-state index in [1.807, 2.05) is 13.8 Å². The molecule has 0 saturated heterocycles. The molecule has 1 heterocycles. The van der Waals surface area contributed by atoms with Crippen molar-refractivity contribution in [3.63, 3.8) is 0 Å². The predicted molar refractivity (Wildman–Crippen MR) is 64.7 cm³/mol. The van der Waals surface area contributed by atoms with Gasteiger partial charge in [0, 0.05) is 24.2 Å². The number of urea groups is 1. The minimum atomic E-state index is -0.538. The van der Waals surface area contributed by atoms with Gasteiger partial charge in [-0.2, -0.15) is 0 Å². The highest BCUT2D eigenvalue weighted by Gasteiger charge is 2.19. The van der Waals surface area contributed by atoms with E-state index in [-0.39, 0.29) is 12.1 Å². The van der Waals surface area contributed by atoms with Gasteiger partial charge in [0.1, 0.15) is 0 Å². The van der Waals surface area contributed by atoms with Crippen LogP contribution in [0.4, 0.5) is 9.93 Å². The van der Waals surface area contributed by atoms with E-state index in [4.69, 9.17) is 0 Å². The number of carbonyl (C=O) groups is 1. The van der Waals surface area contributed by atoms with Crippen LogP contribution in [0.5, 0.6) is 0 Å². The number of carbonyl (C=O) groups excluding carboxylic acids is 1. The molecule has 5 nitrogen and oxygen atoms in total. The summed E-state index contributed by atoms with van der Waals surface area (Å²) in [5.41, 5.74) is 0. The highest BCUT2D eigenvalue weighted by molar-refractivity contribution is 7.13. The second-order valence-corrected chi connectivity index (χ2v) is 4.76. The Hall–Kier alpha value is -1.14. The first-order valence-electron chi connectivity index (χ1n) is 5.16. The molecule has 1 rings (SSSR count). The Morgan fingerprint density at radius 3 is 2.75 bits per heavy atom. The number of hydrogen-bond acceptors (Lipinski definition) is 4. The summed E-state index contributed by atoms with van der Waals surface area (Å²) in [6.45, 7) is 5.79. The first kappa shape index (κ1) is 12.9. The quantitative estimate of drug-likeness (QED) is 0.847. The number of rotatable bonds is 4. The molecule has 0 fully saturated rings. The van der Waals surface area contributed by atoms with Crippen molar-refractivity contribution in [1.82, 2.24) is 9.88 Å². The minimum absolute atomic E-state index is 0.0366. The van der Waals surface area contributed by atoms with Gasteiger partial charge in [0.15, 0.2) is 5.13 Å². The molecule has 2 amide bonds. The summed E-state index contributed by atoms with van der Waals surface area (Å²) in [5.74, 6) is 0. The Bertz CT molecular complexity index is 325. The van der Waals surface area contributed by atoms with Crippen LogP contribution in [0.3, 0.4) is 0 Å². The summed E-state index contributed by atoms with van der Waals surface area (Å²) >= 11 is 1.37. The van der Waals surface area contributed by atoms with Crippen molar-refractivity contribution in [3.05, 3.63) is 11.6 Å². The van der Waals surface area contributed by atoms with Crippen LogP contribution in [-0.2, 0) is 0 Å². The highest BCUT2D eigenvalue weighted by atomic mass is 32.1. The van der Waals surface area contributed by atoms with Crippen LogP contribution in [0, 0.1) is 0 Å². The van der Waals surface area contributed by atoms with E-state index in [1.165, 1.54) is 11.3 Å². The van der Waals surface area contributed by atoms with Gasteiger partial charge < -0.3 is 10.0 Å². The first-order valence-corrected chi connectivity index (χ1v) is 6.04. The van der Waals surface area contributed by atoms with E-state index >= 15 is 0 Å². The van der Waals surface area contributed by atoms with Crippen LogP contribution in [-0.4, -0.2) is 39.7 Å². The number of nitrogens with zero attached hydrogens (tertiary/aromatic N) is 2. The van der Waals surface area contributed by atoms with E-state index in [0.29, 0.717) is 11.7 Å². The van der Waals surface area contributed by atoms with Crippen molar-refractivity contribution in [2.75, 3.05) is 11.9 Å². The maximum Gasteiger partial charge on any atom is 0.323 e. The highest BCUT2D eigenvalue weighted by Crippen LogP contribution is 2.12. The van der Waals surface area contributed by atoms with Crippen LogP contribution in [0.1, 0.15) is 20.8 Å². The Morgan fingerprint density at radius 1 is 1.62 bits per heavy atom. The molecular formula is C10H17N3O2S. The molecule has 0 radical (unpaired) electrons. The Kier molecular flexibility index (Phi) is 4.70. The van der Waals surface area contributed by atoms with Gasteiger partial charge in [0.05, 0.1) is 6.10 Å². The van der Waals surface area contributed by atoms with Gasteiger partial charge in [0.2, 0.25) is 0 Å². The van der Waals surface area contributed by atoms with E-state index < -0.39 is 6.10 Å². The van der Waals surface area contributed by atoms with E-state index in [2.05, 4.69) is 10.3 Å². The lowest BCUT2D eigenvalue weighted by atomic mass is 10.3. The second kappa shape index (κ2) is 5.81. The molecule has 0 aliphatic heterocycles. The van der Waals surface area contributed by atoms with Crippen molar-refractivity contribution >= 4 is 22.5 Å². The zero-order chi connectivity index (χ0) is 12.1. The fourth-order valence-corrected chi connectivity index (χ4v) is 1.78. The summed E-state index contributed by atoms with van der Waals surface area (Å²) in [5, 5.41) is 14.4. The van der Waals surface area contributed by atoms with Gasteiger partial charge in [0.25, 0.3) is 0 Å². The van der Waals surface area contributed by atoms with Crippen LogP contribution < -0.4 is 5.32 Å². The average molecular weight is 243 g/mol. The molecule has 0 aliphatic rings. The molecule has 0 aromatic carbocycles. The van der Waals surface area contributed by atoms with Crippen molar-refractivity contribution in [3.8, 4) is 0 Å². The second-order valence-electron chi connectivity index (χ2n) is 3.86. The third kappa shape index (κ3) is 3.79. The number of hydrogen-bond donors (Lipinski definition) is 2. The van der Waals surface area contributed by atoms with E-state index in [1.54, 1.807) is 23.4 Å². The molecule has 1 unspecified atom stereocenters. The van der Waals surface area contributed by atoms with E-state index in [0.717, 1.165) is 0 Å². The van der Waals surface area contributed by atoms with Crippen LogP contribution >= 0.6 is 11.3 Å². The summed E-state index contributed by atoms with van der Waals surface area (Å²) in [4.78, 5) is 17.4. The van der Waals surface area contributed by atoms with Gasteiger partial charge in [-0.3, -0.25) is 5.32 Å². The molecule has 1 atom stereocenters. The molecular weight excluding hydrogens is 226 g/mol. The fourth-order valence-electron chi connectivity index (χ4n) is 1.26. The molecule has 0 bridgehead atoms. The number of amides is 2. The van der Waals surface area contributed by atoms with Crippen molar-refractivity contribution in [2.24, 2.45) is 0 Å². The monoisotopic (exact) mass is 243 g/mol. The summed E-state index contributed by atoms with van der Waals surface area (Å²) in [6, 6.07) is -0.194. The number of nitrogens with one attached hydrogen (secondary N) is 1. The standard InChI is InChI=1S/C10H17N3O2S/c1-7(2)13(6-8(3)14)10(15)12-9-11-4-5-16-9/h4-5,7-8,14H,6H2,1-3H3,(H,11,12,15). The molecule has 0 saturated carbocycles. The number of aliphatic hydroxyl groups excluding tert-OH is 1. The Labute approximate surface area is 99.1 Å². The van der Waals surface area contributed by atoms with Gasteiger partial charge >= 0.3 is 6.03 Å². The van der Waals surface area contributed by atoms with Crippen LogP contribution in [0.2, 0.25) is 0 Å². The number of aromatic nitrogens is 1.